The minimum atomic E-state index is -4.48. The summed E-state index contributed by atoms with van der Waals surface area (Å²) < 4.78 is 39.7. The summed E-state index contributed by atoms with van der Waals surface area (Å²) in [6.45, 7) is 2.41. The van der Waals surface area contributed by atoms with Gasteiger partial charge in [-0.25, -0.2) is 4.98 Å². The first-order valence-corrected chi connectivity index (χ1v) is 6.34. The number of hydrogen-bond acceptors (Lipinski definition) is 4. The van der Waals surface area contributed by atoms with Crippen molar-refractivity contribution in [3.63, 3.8) is 0 Å². The van der Waals surface area contributed by atoms with Crippen molar-refractivity contribution in [3.05, 3.63) is 41.5 Å². The molecule has 0 radical (unpaired) electrons. The molecule has 5 nitrogen and oxygen atoms in total. The molecule has 21 heavy (non-hydrogen) atoms. The van der Waals surface area contributed by atoms with Gasteiger partial charge in [0, 0.05) is 24.2 Å². The second-order valence-electron chi connectivity index (χ2n) is 4.55. The number of benzene rings is 1. The topological polar surface area (TPSA) is 77.0 Å². The van der Waals surface area contributed by atoms with Gasteiger partial charge in [0.25, 0.3) is 0 Å². The molecule has 8 heteroatoms. The Bertz CT molecular complexity index is 624. The van der Waals surface area contributed by atoms with E-state index in [2.05, 4.69) is 10.1 Å². The molecule has 0 saturated heterocycles. The van der Waals surface area contributed by atoms with E-state index in [1.165, 1.54) is 6.33 Å². The van der Waals surface area contributed by atoms with Crippen molar-refractivity contribution in [1.82, 2.24) is 14.8 Å². The number of aliphatic hydroxyl groups is 1. The number of rotatable bonds is 4. The first-order chi connectivity index (χ1) is 9.82. The zero-order valence-electron chi connectivity index (χ0n) is 11.3. The van der Waals surface area contributed by atoms with Crippen molar-refractivity contribution in [2.45, 2.75) is 32.2 Å². The number of nitrogens with zero attached hydrogens (tertiary/aromatic N) is 3. The van der Waals surface area contributed by atoms with Crippen LogP contribution in [0.25, 0.3) is 0 Å². The second-order valence-corrected chi connectivity index (χ2v) is 4.55. The first-order valence-electron chi connectivity index (χ1n) is 6.34. The molecule has 0 spiro atoms. The first kappa shape index (κ1) is 15.3. The van der Waals surface area contributed by atoms with Crippen LogP contribution in [0.5, 0.6) is 0 Å². The van der Waals surface area contributed by atoms with Crippen molar-refractivity contribution < 1.29 is 18.3 Å². The van der Waals surface area contributed by atoms with Crippen LogP contribution in [-0.2, 0) is 19.1 Å². The van der Waals surface area contributed by atoms with E-state index in [9.17, 15) is 18.3 Å². The molecule has 1 unspecified atom stereocenters. The third-order valence-corrected chi connectivity index (χ3v) is 3.14. The Balaban J connectivity index is 2.28. The molecular formula is C13H15F3N4O. The van der Waals surface area contributed by atoms with Crippen molar-refractivity contribution in [2.24, 2.45) is 0 Å². The lowest BCUT2D eigenvalue weighted by Crippen LogP contribution is -2.13. The quantitative estimate of drug-likeness (QED) is 0.848. The van der Waals surface area contributed by atoms with Gasteiger partial charge in [0.05, 0.1) is 11.7 Å². The highest BCUT2D eigenvalue weighted by Gasteiger charge is 2.31. The fourth-order valence-electron chi connectivity index (χ4n) is 2.03. The largest absolute Gasteiger partial charge is 0.416 e. The summed E-state index contributed by atoms with van der Waals surface area (Å²) >= 11 is 0. The predicted molar refractivity (Wildman–Crippen MR) is 70.2 cm³/mol. The molecule has 2 rings (SSSR count). The highest BCUT2D eigenvalue weighted by Crippen LogP contribution is 2.33. The third kappa shape index (κ3) is 3.33. The van der Waals surface area contributed by atoms with Crippen molar-refractivity contribution in [2.75, 3.05) is 5.73 Å². The van der Waals surface area contributed by atoms with Crippen LogP contribution in [0.1, 0.15) is 30.0 Å². The van der Waals surface area contributed by atoms with Crippen LogP contribution in [0.2, 0.25) is 0 Å². The standard InChI is InChI=1S/C13H15F3N4O/c1-2-20-12(18-7-19-20)6-11(21)9-5-8(13(14,15)16)3-4-10(9)17/h3-5,7,11,21H,2,6,17H2,1H3. The number of anilines is 1. The molecule has 0 saturated carbocycles. The highest BCUT2D eigenvalue weighted by molar-refractivity contribution is 5.50. The van der Waals surface area contributed by atoms with Gasteiger partial charge < -0.3 is 10.8 Å². The molecule has 3 N–H and O–H groups in total. The van der Waals surface area contributed by atoms with E-state index in [-0.39, 0.29) is 17.7 Å². The van der Waals surface area contributed by atoms with E-state index < -0.39 is 17.8 Å². The molecule has 1 atom stereocenters. The lowest BCUT2D eigenvalue weighted by molar-refractivity contribution is -0.137. The Morgan fingerprint density at radius 1 is 1.38 bits per heavy atom. The third-order valence-electron chi connectivity index (χ3n) is 3.14. The van der Waals surface area contributed by atoms with Crippen molar-refractivity contribution in [1.29, 1.82) is 0 Å². The summed E-state index contributed by atoms with van der Waals surface area (Å²) in [6.07, 6.45) is -4.28. The zero-order valence-corrected chi connectivity index (χ0v) is 11.3. The number of aliphatic hydroxyl groups excluding tert-OH is 1. The summed E-state index contributed by atoms with van der Waals surface area (Å²) in [4.78, 5) is 3.98. The maximum Gasteiger partial charge on any atom is 0.416 e. The summed E-state index contributed by atoms with van der Waals surface area (Å²) in [5.74, 6) is 0.488. The Kier molecular flexibility index (Phi) is 4.17. The molecule has 1 aromatic heterocycles. The molecule has 2 aromatic rings. The Hall–Kier alpha value is -2.09. The SMILES string of the molecule is CCn1ncnc1CC(O)c1cc(C(F)(F)F)ccc1N. The van der Waals surface area contributed by atoms with Crippen LogP contribution in [-0.4, -0.2) is 19.9 Å². The number of alkyl halides is 3. The summed E-state index contributed by atoms with van der Waals surface area (Å²) in [6, 6.07) is 2.90. The van der Waals surface area contributed by atoms with Crippen LogP contribution in [0.4, 0.5) is 18.9 Å². The van der Waals surface area contributed by atoms with Gasteiger partial charge in [0.2, 0.25) is 0 Å². The van der Waals surface area contributed by atoms with Gasteiger partial charge in [-0.15, -0.1) is 0 Å². The molecule has 0 aliphatic carbocycles. The lowest BCUT2D eigenvalue weighted by atomic mass is 10.0. The minimum Gasteiger partial charge on any atom is -0.398 e. The highest BCUT2D eigenvalue weighted by atomic mass is 19.4. The molecule has 1 heterocycles. The average molecular weight is 300 g/mol. The number of hydrogen-bond donors (Lipinski definition) is 2. The predicted octanol–water partition coefficient (Wildman–Crippen LogP) is 2.18. The summed E-state index contributed by atoms with van der Waals surface area (Å²) in [5.41, 5.74) is 4.97. The maximum absolute atomic E-state index is 12.7. The lowest BCUT2D eigenvalue weighted by Gasteiger charge is -2.16. The number of aromatic nitrogens is 3. The summed E-state index contributed by atoms with van der Waals surface area (Å²) in [5, 5.41) is 14.1. The Morgan fingerprint density at radius 2 is 2.10 bits per heavy atom. The molecule has 0 bridgehead atoms. The van der Waals surface area contributed by atoms with Gasteiger partial charge in [-0.3, -0.25) is 4.68 Å². The van der Waals surface area contributed by atoms with Crippen LogP contribution < -0.4 is 5.73 Å². The van der Waals surface area contributed by atoms with E-state index in [1.54, 1.807) is 4.68 Å². The number of halogens is 3. The van der Waals surface area contributed by atoms with Crippen LogP contribution in [0, 0.1) is 0 Å². The van der Waals surface area contributed by atoms with E-state index in [0.29, 0.717) is 12.4 Å². The van der Waals surface area contributed by atoms with E-state index in [1.807, 2.05) is 6.92 Å². The van der Waals surface area contributed by atoms with Gasteiger partial charge in [0.1, 0.15) is 12.2 Å². The Labute approximate surface area is 119 Å². The van der Waals surface area contributed by atoms with Crippen LogP contribution in [0.15, 0.2) is 24.5 Å². The molecular weight excluding hydrogens is 285 g/mol. The van der Waals surface area contributed by atoms with Gasteiger partial charge in [-0.1, -0.05) is 0 Å². The number of nitrogen functional groups attached to an aromatic ring is 1. The molecule has 1 aromatic carbocycles. The average Bonchev–Trinajstić information content (AvgIpc) is 2.84. The molecule has 0 aliphatic rings. The van der Waals surface area contributed by atoms with E-state index in [4.69, 9.17) is 5.73 Å². The van der Waals surface area contributed by atoms with Gasteiger partial charge in [0.15, 0.2) is 0 Å². The number of nitrogens with two attached hydrogens (primary N) is 1. The van der Waals surface area contributed by atoms with Gasteiger partial charge >= 0.3 is 6.18 Å². The van der Waals surface area contributed by atoms with Gasteiger partial charge in [-0.2, -0.15) is 18.3 Å². The summed E-state index contributed by atoms with van der Waals surface area (Å²) in [7, 11) is 0. The van der Waals surface area contributed by atoms with E-state index >= 15 is 0 Å². The second kappa shape index (κ2) is 5.72. The minimum absolute atomic E-state index is 0.0375. The molecule has 0 amide bonds. The normalized spacial score (nSPS) is 13.4. The van der Waals surface area contributed by atoms with Gasteiger partial charge in [-0.05, 0) is 25.1 Å². The van der Waals surface area contributed by atoms with E-state index in [0.717, 1.165) is 18.2 Å². The molecule has 0 aliphatic heterocycles. The van der Waals surface area contributed by atoms with Crippen LogP contribution >= 0.6 is 0 Å². The fraction of sp³-hybridized carbons (Fsp3) is 0.385. The molecule has 0 fully saturated rings. The van der Waals surface area contributed by atoms with Crippen LogP contribution in [0.3, 0.4) is 0 Å². The smallest absolute Gasteiger partial charge is 0.398 e. The zero-order chi connectivity index (χ0) is 15.6. The molecule has 114 valence electrons. The Morgan fingerprint density at radius 3 is 2.71 bits per heavy atom. The van der Waals surface area contributed by atoms with Crippen molar-refractivity contribution >= 4 is 5.69 Å². The monoisotopic (exact) mass is 300 g/mol. The number of aryl methyl sites for hydroxylation is 1. The fourth-order valence-corrected chi connectivity index (χ4v) is 2.03. The maximum atomic E-state index is 12.7. The van der Waals surface area contributed by atoms with Crippen molar-refractivity contribution in [3.8, 4) is 0 Å².